The van der Waals surface area contributed by atoms with Crippen molar-refractivity contribution in [2.45, 2.75) is 19.5 Å². The normalized spacial score (nSPS) is 11.1. The van der Waals surface area contributed by atoms with Gasteiger partial charge in [0.25, 0.3) is 5.69 Å². The number of hydrogen-bond donors (Lipinski definition) is 0. The Kier molecular flexibility index (Phi) is 5.25. The zero-order valence-corrected chi connectivity index (χ0v) is 17.5. The summed E-state index contributed by atoms with van der Waals surface area (Å²) < 4.78 is 3.99. The Morgan fingerprint density at radius 2 is 1.66 bits per heavy atom. The topological polar surface area (TPSA) is 65.9 Å². The van der Waals surface area contributed by atoms with Gasteiger partial charge in [-0.2, -0.15) is 0 Å². The molecule has 0 spiro atoms. The Hall–Kier alpha value is -4.19. The van der Waals surface area contributed by atoms with Gasteiger partial charge >= 0.3 is 0 Å². The third-order valence-electron chi connectivity index (χ3n) is 5.76. The number of rotatable bonds is 7. The fourth-order valence-corrected chi connectivity index (χ4v) is 4.16. The number of aryl methyl sites for hydroxylation is 2. The molecule has 0 aliphatic rings. The summed E-state index contributed by atoms with van der Waals surface area (Å²) in [6.07, 6.45) is 8.04. The quantitative estimate of drug-likeness (QED) is 0.249. The minimum Gasteiger partial charge on any atom is -0.341 e. The van der Waals surface area contributed by atoms with Crippen molar-refractivity contribution < 1.29 is 4.92 Å². The van der Waals surface area contributed by atoms with E-state index in [0.29, 0.717) is 12.1 Å². The van der Waals surface area contributed by atoms with Gasteiger partial charge in [-0.1, -0.05) is 72.8 Å². The van der Waals surface area contributed by atoms with Crippen molar-refractivity contribution in [1.29, 1.82) is 0 Å². The van der Waals surface area contributed by atoms with Gasteiger partial charge in [0, 0.05) is 18.9 Å². The maximum atomic E-state index is 11.8. The lowest BCUT2D eigenvalue weighted by Gasteiger charge is -2.09. The zero-order chi connectivity index (χ0) is 21.9. The smallest absolute Gasteiger partial charge is 0.294 e. The predicted octanol–water partition coefficient (Wildman–Crippen LogP) is 5.70. The second kappa shape index (κ2) is 8.51. The van der Waals surface area contributed by atoms with E-state index in [1.54, 1.807) is 6.20 Å². The lowest BCUT2D eigenvalue weighted by atomic mass is 9.99. The Labute approximate surface area is 185 Å². The molecule has 6 heteroatoms. The van der Waals surface area contributed by atoms with E-state index < -0.39 is 0 Å². The molecular formula is C26H22N4O2. The lowest BCUT2D eigenvalue weighted by molar-refractivity contribution is -0.384. The molecule has 0 bridgehead atoms. The third-order valence-corrected chi connectivity index (χ3v) is 5.76. The first-order valence-corrected chi connectivity index (χ1v) is 10.5. The number of nitrogens with zero attached hydrogens (tertiary/aromatic N) is 4. The SMILES string of the molecule is O=[N+]([O-])c1cn(Cc2cncn2CCc2ccccc2)cc1-c1cccc2ccccc12. The van der Waals surface area contributed by atoms with Gasteiger partial charge in [0.1, 0.15) is 0 Å². The molecule has 0 unspecified atom stereocenters. The highest BCUT2D eigenvalue weighted by Crippen LogP contribution is 2.35. The second-order valence-corrected chi connectivity index (χ2v) is 7.83. The van der Waals surface area contributed by atoms with Crippen LogP contribution in [0.5, 0.6) is 0 Å². The zero-order valence-electron chi connectivity index (χ0n) is 17.5. The van der Waals surface area contributed by atoms with E-state index in [-0.39, 0.29) is 10.6 Å². The second-order valence-electron chi connectivity index (χ2n) is 7.83. The number of aromatic nitrogens is 3. The largest absolute Gasteiger partial charge is 0.341 e. The number of nitro groups is 1. The van der Waals surface area contributed by atoms with Gasteiger partial charge in [-0.05, 0) is 28.3 Å². The lowest BCUT2D eigenvalue weighted by Crippen LogP contribution is -2.07. The van der Waals surface area contributed by atoms with Crippen LogP contribution in [0.15, 0.2) is 97.7 Å². The molecule has 0 saturated heterocycles. The maximum Gasteiger partial charge on any atom is 0.294 e. The summed E-state index contributed by atoms with van der Waals surface area (Å²) in [6.45, 7) is 1.32. The molecule has 2 heterocycles. The van der Waals surface area contributed by atoms with Gasteiger partial charge in [-0.15, -0.1) is 0 Å². The Bertz CT molecular complexity index is 1380. The first-order chi connectivity index (χ1) is 15.7. The first kappa shape index (κ1) is 19.8. The monoisotopic (exact) mass is 422 g/mol. The van der Waals surface area contributed by atoms with Crippen LogP contribution in [0.2, 0.25) is 0 Å². The molecule has 158 valence electrons. The highest BCUT2D eigenvalue weighted by molar-refractivity contribution is 5.98. The van der Waals surface area contributed by atoms with Crippen LogP contribution in [-0.4, -0.2) is 19.0 Å². The summed E-state index contributed by atoms with van der Waals surface area (Å²) >= 11 is 0. The summed E-state index contributed by atoms with van der Waals surface area (Å²) in [5.41, 5.74) is 3.88. The van der Waals surface area contributed by atoms with E-state index in [9.17, 15) is 10.1 Å². The first-order valence-electron chi connectivity index (χ1n) is 10.5. The number of hydrogen-bond acceptors (Lipinski definition) is 3. The van der Waals surface area contributed by atoms with Crippen molar-refractivity contribution in [3.8, 4) is 11.1 Å². The van der Waals surface area contributed by atoms with Crippen LogP contribution in [0.25, 0.3) is 21.9 Å². The minimum absolute atomic E-state index is 0.108. The summed E-state index contributed by atoms with van der Waals surface area (Å²) in [7, 11) is 0. The minimum atomic E-state index is -0.305. The van der Waals surface area contributed by atoms with E-state index in [1.807, 2.05) is 84.0 Å². The van der Waals surface area contributed by atoms with Gasteiger partial charge in [-0.25, -0.2) is 4.98 Å². The van der Waals surface area contributed by atoms with E-state index in [1.165, 1.54) is 5.56 Å². The van der Waals surface area contributed by atoms with Crippen LogP contribution in [0.3, 0.4) is 0 Å². The average molecular weight is 422 g/mol. The molecule has 0 aliphatic heterocycles. The molecule has 0 aliphatic carbocycles. The molecule has 3 aromatic carbocycles. The van der Waals surface area contributed by atoms with Crippen LogP contribution in [0.4, 0.5) is 5.69 Å². The average Bonchev–Trinajstić information content (AvgIpc) is 3.45. The van der Waals surface area contributed by atoms with Gasteiger partial charge in [0.05, 0.1) is 35.2 Å². The molecule has 0 fully saturated rings. The molecule has 2 aromatic heterocycles. The van der Waals surface area contributed by atoms with Crippen molar-refractivity contribution in [3.63, 3.8) is 0 Å². The van der Waals surface area contributed by atoms with E-state index in [4.69, 9.17) is 0 Å². The highest BCUT2D eigenvalue weighted by Gasteiger charge is 2.21. The molecule has 5 aromatic rings. The molecule has 0 amide bonds. The van der Waals surface area contributed by atoms with Crippen LogP contribution < -0.4 is 0 Å². The molecule has 0 radical (unpaired) electrons. The molecular weight excluding hydrogens is 400 g/mol. The van der Waals surface area contributed by atoms with Crippen molar-refractivity contribution in [2.24, 2.45) is 0 Å². The van der Waals surface area contributed by atoms with Crippen molar-refractivity contribution in [2.75, 3.05) is 0 Å². The standard InChI is InChI=1S/C26H22N4O2/c31-30(32)26-18-28(17-25(26)24-12-6-10-21-9-4-5-11-23(21)24)16-22-15-27-19-29(22)14-13-20-7-2-1-3-8-20/h1-12,15,17-19H,13-14,16H2. The van der Waals surface area contributed by atoms with Gasteiger partial charge < -0.3 is 9.13 Å². The van der Waals surface area contributed by atoms with Crippen LogP contribution in [0.1, 0.15) is 11.3 Å². The Morgan fingerprint density at radius 3 is 2.50 bits per heavy atom. The predicted molar refractivity (Wildman–Crippen MR) is 126 cm³/mol. The summed E-state index contributed by atoms with van der Waals surface area (Å²) in [4.78, 5) is 15.9. The molecule has 0 saturated carbocycles. The van der Waals surface area contributed by atoms with Crippen molar-refractivity contribution in [1.82, 2.24) is 14.1 Å². The molecule has 6 nitrogen and oxygen atoms in total. The van der Waals surface area contributed by atoms with Gasteiger partial charge in [0.15, 0.2) is 0 Å². The number of fused-ring (bicyclic) bond motifs is 1. The Balaban J connectivity index is 1.45. The van der Waals surface area contributed by atoms with Crippen LogP contribution >= 0.6 is 0 Å². The summed E-state index contributed by atoms with van der Waals surface area (Å²) in [5.74, 6) is 0. The van der Waals surface area contributed by atoms with Crippen molar-refractivity contribution >= 4 is 16.5 Å². The van der Waals surface area contributed by atoms with E-state index in [0.717, 1.165) is 35.0 Å². The van der Waals surface area contributed by atoms with Gasteiger partial charge in [0.2, 0.25) is 0 Å². The number of benzene rings is 3. The molecule has 32 heavy (non-hydrogen) atoms. The molecule has 5 rings (SSSR count). The fourth-order valence-electron chi connectivity index (χ4n) is 4.16. The maximum absolute atomic E-state index is 11.8. The molecule has 0 atom stereocenters. The van der Waals surface area contributed by atoms with E-state index in [2.05, 4.69) is 21.7 Å². The Morgan fingerprint density at radius 1 is 0.875 bits per heavy atom. The van der Waals surface area contributed by atoms with E-state index >= 15 is 0 Å². The molecule has 0 N–H and O–H groups in total. The van der Waals surface area contributed by atoms with Crippen LogP contribution in [-0.2, 0) is 19.5 Å². The highest BCUT2D eigenvalue weighted by atomic mass is 16.6. The van der Waals surface area contributed by atoms with Crippen LogP contribution in [0, 0.1) is 10.1 Å². The number of imidazole rings is 1. The summed E-state index contributed by atoms with van der Waals surface area (Å²) in [6, 6.07) is 24.2. The summed E-state index contributed by atoms with van der Waals surface area (Å²) in [5, 5.41) is 13.9. The van der Waals surface area contributed by atoms with Crippen molar-refractivity contribution in [3.05, 3.63) is 119 Å². The third kappa shape index (κ3) is 3.90. The van der Waals surface area contributed by atoms with Gasteiger partial charge in [-0.3, -0.25) is 10.1 Å². The fraction of sp³-hybridized carbons (Fsp3) is 0.115.